The Morgan fingerprint density at radius 1 is 0.788 bits per heavy atom. The van der Waals surface area contributed by atoms with Crippen molar-refractivity contribution >= 4 is 31.9 Å². The summed E-state index contributed by atoms with van der Waals surface area (Å²) in [4.78, 5) is 31.3. The highest BCUT2D eigenvalue weighted by Crippen LogP contribution is 2.21. The van der Waals surface area contributed by atoms with Crippen molar-refractivity contribution in [3.8, 4) is 0 Å². The predicted octanol–water partition coefficient (Wildman–Crippen LogP) is 4.17. The fourth-order valence-corrected chi connectivity index (χ4v) is 7.57. The Morgan fingerprint density at radius 3 is 1.94 bits per heavy atom. The number of halogens is 2. The lowest BCUT2D eigenvalue weighted by Crippen LogP contribution is -2.53. The van der Waals surface area contributed by atoms with E-state index >= 15 is 0 Å². The first-order valence-corrected chi connectivity index (χ1v) is 20.1. The molecule has 0 saturated heterocycles. The van der Waals surface area contributed by atoms with Gasteiger partial charge in [-0.25, -0.2) is 34.9 Å². The summed E-state index contributed by atoms with van der Waals surface area (Å²) in [6.45, 7) is 6.32. The van der Waals surface area contributed by atoms with Crippen molar-refractivity contribution in [3.63, 3.8) is 0 Å². The van der Waals surface area contributed by atoms with Crippen LogP contribution in [0.4, 0.5) is 8.78 Å². The van der Waals surface area contributed by atoms with Crippen LogP contribution in [0.3, 0.4) is 0 Å². The topological polar surface area (TPSA) is 156 Å². The lowest BCUT2D eigenvalue weighted by atomic mass is 9.99. The maximum absolute atomic E-state index is 14.2. The number of sulfonamides is 2. The number of hydrazine groups is 1. The van der Waals surface area contributed by atoms with Crippen molar-refractivity contribution in [2.75, 3.05) is 40.3 Å². The minimum Gasteiger partial charge on any atom is -0.390 e. The molecule has 2 atom stereocenters. The van der Waals surface area contributed by atoms with Crippen molar-refractivity contribution < 1.29 is 40.3 Å². The quantitative estimate of drug-likeness (QED) is 0.145. The zero-order valence-electron chi connectivity index (χ0n) is 30.2. The minimum atomic E-state index is -4.13. The molecule has 0 spiro atoms. The van der Waals surface area contributed by atoms with E-state index in [0.717, 1.165) is 22.5 Å². The van der Waals surface area contributed by atoms with Gasteiger partial charge in [0.2, 0.25) is 10.0 Å². The normalized spacial score (nSPS) is 13.3. The zero-order chi connectivity index (χ0) is 38.6. The predicted molar refractivity (Wildman–Crippen MR) is 194 cm³/mol. The third-order valence-electron chi connectivity index (χ3n) is 8.12. The Morgan fingerprint density at radius 2 is 1.38 bits per heavy atom. The molecule has 52 heavy (non-hydrogen) atoms. The van der Waals surface area contributed by atoms with Crippen LogP contribution in [0.2, 0.25) is 0 Å². The average molecular weight is 766 g/mol. The van der Waals surface area contributed by atoms with E-state index in [2.05, 4.69) is 10.1 Å². The third kappa shape index (κ3) is 11.9. The first-order valence-electron chi connectivity index (χ1n) is 17.2. The van der Waals surface area contributed by atoms with Crippen molar-refractivity contribution in [1.29, 1.82) is 0 Å². The summed E-state index contributed by atoms with van der Waals surface area (Å²) >= 11 is 0. The van der Waals surface area contributed by atoms with Gasteiger partial charge in [-0.05, 0) is 73.7 Å². The molecule has 0 aliphatic carbocycles. The van der Waals surface area contributed by atoms with Gasteiger partial charge in [-0.2, -0.15) is 0 Å². The number of amides is 2. The summed E-state index contributed by atoms with van der Waals surface area (Å²) in [6, 6.07) is 12.7. The van der Waals surface area contributed by atoms with Crippen LogP contribution in [0.15, 0.2) is 76.5 Å². The monoisotopic (exact) mass is 765 g/mol. The number of hydrogen-bond acceptors (Lipinski definition) is 8. The van der Waals surface area contributed by atoms with Gasteiger partial charge in [0, 0.05) is 57.5 Å². The number of hydrogen-bond donors (Lipinski definition) is 3. The number of nitrogens with zero attached hydrogens (tertiary/aromatic N) is 3. The Bertz CT molecular complexity index is 1850. The average Bonchev–Trinajstić information content (AvgIpc) is 3.09. The van der Waals surface area contributed by atoms with E-state index in [4.69, 9.17) is 0 Å². The van der Waals surface area contributed by atoms with Crippen molar-refractivity contribution in [1.82, 2.24) is 24.4 Å². The molecule has 0 heterocycles. The molecular weight excluding hydrogens is 717 g/mol. The highest BCUT2D eigenvalue weighted by Gasteiger charge is 2.29. The van der Waals surface area contributed by atoms with Crippen LogP contribution in [-0.4, -0.2) is 100 Å². The minimum absolute atomic E-state index is 0.0135. The second-order valence-electron chi connectivity index (χ2n) is 12.7. The Kier molecular flexibility index (Phi) is 15.8. The molecule has 16 heteroatoms. The van der Waals surface area contributed by atoms with Gasteiger partial charge in [-0.1, -0.05) is 45.4 Å². The van der Waals surface area contributed by atoms with Crippen LogP contribution in [0, 0.1) is 11.6 Å². The molecular formula is C36H49F2N5O7S2. The van der Waals surface area contributed by atoms with E-state index in [1.54, 1.807) is 23.1 Å². The van der Waals surface area contributed by atoms with E-state index < -0.39 is 55.6 Å². The number of benzene rings is 3. The maximum Gasteiger partial charge on any atom is 0.253 e. The Balaban J connectivity index is 2.06. The van der Waals surface area contributed by atoms with E-state index in [0.29, 0.717) is 44.8 Å². The molecule has 2 amide bonds. The smallest absolute Gasteiger partial charge is 0.253 e. The molecule has 3 rings (SSSR count). The number of unbranched alkanes of at least 4 members (excludes halogenated alkanes) is 1. The Labute approximate surface area is 305 Å². The summed E-state index contributed by atoms with van der Waals surface area (Å²) in [5.74, 6) is -3.13. The number of carbonyl (C=O) groups excluding carboxylic acids is 2. The molecule has 0 radical (unpaired) electrons. The van der Waals surface area contributed by atoms with E-state index in [1.807, 2.05) is 20.8 Å². The molecule has 286 valence electrons. The lowest BCUT2D eigenvalue weighted by molar-refractivity contribution is 0.0614. The molecule has 3 aromatic carbocycles. The Hall–Kier alpha value is -3.80. The lowest BCUT2D eigenvalue weighted by Gasteiger charge is -2.30. The zero-order valence-corrected chi connectivity index (χ0v) is 31.8. The fourth-order valence-electron chi connectivity index (χ4n) is 5.47. The van der Waals surface area contributed by atoms with Crippen LogP contribution in [-0.2, 0) is 26.5 Å². The second-order valence-corrected chi connectivity index (χ2v) is 16.5. The van der Waals surface area contributed by atoms with Gasteiger partial charge in [0.25, 0.3) is 21.8 Å². The molecule has 3 aromatic rings. The first kappa shape index (κ1) is 42.6. The van der Waals surface area contributed by atoms with Gasteiger partial charge in [-0.15, -0.1) is 4.83 Å². The third-order valence-corrected chi connectivity index (χ3v) is 11.3. The number of rotatable bonds is 20. The summed E-state index contributed by atoms with van der Waals surface area (Å²) in [7, 11) is -5.58. The number of carbonyl (C=O) groups is 2. The van der Waals surface area contributed by atoms with Gasteiger partial charge < -0.3 is 15.3 Å². The van der Waals surface area contributed by atoms with E-state index in [-0.39, 0.29) is 46.0 Å². The van der Waals surface area contributed by atoms with Gasteiger partial charge >= 0.3 is 0 Å². The standard InChI is InChI=1S/C36H49F2N5O7S2/c1-6-9-17-43(40-51(47,48)31-13-11-10-12-14-31)25-34(44)33(20-26-18-29(37)24-30(38)19-26)39-35(45)27-21-28(36(46)42(15-7-2)16-8-3)23-32(22-27)52(49,50)41(4)5/h10-14,18-19,21-24,33-34,40,44H,6-9,15-17,20,25H2,1-5H3,(H,39,45). The van der Waals surface area contributed by atoms with Crippen LogP contribution < -0.4 is 10.1 Å². The van der Waals surface area contributed by atoms with E-state index in [1.165, 1.54) is 43.4 Å². The molecule has 0 fully saturated rings. The van der Waals surface area contributed by atoms with Crippen molar-refractivity contribution in [2.45, 2.75) is 74.8 Å². The fraction of sp³-hybridized carbons (Fsp3) is 0.444. The number of aliphatic hydroxyl groups is 1. The van der Waals surface area contributed by atoms with Crippen LogP contribution in [0.25, 0.3) is 0 Å². The second kappa shape index (κ2) is 19.3. The highest BCUT2D eigenvalue weighted by molar-refractivity contribution is 7.89. The summed E-state index contributed by atoms with van der Waals surface area (Å²) in [5, 5.41) is 15.5. The molecule has 12 nitrogen and oxygen atoms in total. The van der Waals surface area contributed by atoms with Gasteiger partial charge in [0.05, 0.1) is 21.9 Å². The van der Waals surface area contributed by atoms with Gasteiger partial charge in [-0.3, -0.25) is 9.59 Å². The maximum atomic E-state index is 14.2. The molecule has 0 aliphatic rings. The van der Waals surface area contributed by atoms with Crippen molar-refractivity contribution in [2.24, 2.45) is 0 Å². The summed E-state index contributed by atoms with van der Waals surface area (Å²) in [6.07, 6.45) is 0.690. The molecule has 0 aromatic heterocycles. The number of aliphatic hydroxyl groups excluding tert-OH is 1. The summed E-state index contributed by atoms with van der Waals surface area (Å²) in [5.41, 5.74) is -0.170. The van der Waals surface area contributed by atoms with Gasteiger partial charge in [0.1, 0.15) is 11.6 Å². The van der Waals surface area contributed by atoms with Crippen LogP contribution >= 0.6 is 0 Å². The van der Waals surface area contributed by atoms with Crippen molar-refractivity contribution in [3.05, 3.63) is 95.1 Å². The number of nitrogens with one attached hydrogen (secondary N) is 2. The molecule has 0 bridgehead atoms. The first-order chi connectivity index (χ1) is 24.5. The van der Waals surface area contributed by atoms with Crippen LogP contribution in [0.1, 0.15) is 72.7 Å². The summed E-state index contributed by atoms with van der Waals surface area (Å²) < 4.78 is 82.3. The highest BCUT2D eigenvalue weighted by atomic mass is 32.2. The van der Waals surface area contributed by atoms with Crippen LogP contribution in [0.5, 0.6) is 0 Å². The molecule has 0 aliphatic heterocycles. The van der Waals surface area contributed by atoms with Gasteiger partial charge in [0.15, 0.2) is 0 Å². The van der Waals surface area contributed by atoms with E-state index in [9.17, 15) is 40.3 Å². The SMILES string of the molecule is CCCCN(CC(O)C(Cc1cc(F)cc(F)c1)NC(=O)c1cc(C(=O)N(CCC)CCC)cc(S(=O)(=O)N(C)C)c1)NS(=O)(=O)c1ccccc1. The molecule has 0 saturated carbocycles. The molecule has 3 N–H and O–H groups in total. The molecule has 2 unspecified atom stereocenters. The largest absolute Gasteiger partial charge is 0.390 e.